The van der Waals surface area contributed by atoms with E-state index in [1.807, 2.05) is 32.0 Å². The van der Waals surface area contributed by atoms with Gasteiger partial charge in [0.2, 0.25) is 11.8 Å². The summed E-state index contributed by atoms with van der Waals surface area (Å²) in [5, 5.41) is 10.2. The number of rotatable bonds is 5. The molecule has 1 aliphatic carbocycles. The number of fused-ring (bicyclic) bond motifs is 1. The minimum absolute atomic E-state index is 0.0233. The molecule has 0 bridgehead atoms. The Morgan fingerprint density at radius 2 is 1.62 bits per heavy atom. The normalized spacial score (nSPS) is 24.9. The number of ether oxygens (including phenoxy) is 1. The topological polar surface area (TPSA) is 66.8 Å². The number of carbonyl (C=O) groups excluding carboxylic acids is 2. The molecule has 5 heteroatoms. The maximum Gasteiger partial charge on any atom is 0.233 e. The van der Waals surface area contributed by atoms with Crippen LogP contribution in [0.15, 0.2) is 18.2 Å². The van der Waals surface area contributed by atoms with Gasteiger partial charge in [-0.3, -0.25) is 14.5 Å². The zero-order chi connectivity index (χ0) is 17.3. The molecular weight excluding hydrogens is 306 g/mol. The summed E-state index contributed by atoms with van der Waals surface area (Å²) in [5.74, 6) is 0.127. The van der Waals surface area contributed by atoms with E-state index in [1.54, 1.807) is 0 Å². The summed E-state index contributed by atoms with van der Waals surface area (Å²) in [6.45, 7) is 4.06. The number of aliphatic hydroxyl groups excluding tert-OH is 1. The fraction of sp³-hybridized carbons (Fsp3) is 0.579. The molecule has 1 aliphatic heterocycles. The summed E-state index contributed by atoms with van der Waals surface area (Å²) in [4.78, 5) is 26.1. The molecule has 0 unspecified atom stereocenters. The highest BCUT2D eigenvalue weighted by Gasteiger charge is 2.48. The van der Waals surface area contributed by atoms with Gasteiger partial charge in [-0.2, -0.15) is 0 Å². The van der Waals surface area contributed by atoms with Gasteiger partial charge in [0.1, 0.15) is 18.5 Å². The molecule has 0 spiro atoms. The molecule has 2 aliphatic rings. The van der Waals surface area contributed by atoms with E-state index in [1.165, 1.54) is 4.90 Å². The third-order valence-electron chi connectivity index (χ3n) is 4.96. The van der Waals surface area contributed by atoms with Crippen molar-refractivity contribution in [1.29, 1.82) is 0 Å². The fourth-order valence-electron chi connectivity index (χ4n) is 3.88. The maximum absolute atomic E-state index is 12.4. The first-order valence-electron chi connectivity index (χ1n) is 8.70. The summed E-state index contributed by atoms with van der Waals surface area (Å²) in [7, 11) is 0. The lowest BCUT2D eigenvalue weighted by Gasteiger charge is -2.19. The zero-order valence-electron chi connectivity index (χ0n) is 14.3. The van der Waals surface area contributed by atoms with Gasteiger partial charge in [-0.25, -0.2) is 0 Å². The van der Waals surface area contributed by atoms with E-state index in [0.29, 0.717) is 5.75 Å². The molecule has 1 saturated carbocycles. The van der Waals surface area contributed by atoms with Crippen molar-refractivity contribution in [2.75, 3.05) is 13.2 Å². The van der Waals surface area contributed by atoms with E-state index in [9.17, 15) is 14.7 Å². The lowest BCUT2D eigenvalue weighted by Crippen LogP contribution is -2.40. The van der Waals surface area contributed by atoms with Gasteiger partial charge >= 0.3 is 0 Å². The zero-order valence-corrected chi connectivity index (χ0v) is 14.3. The number of β-amino-alcohol motifs (C(OH)–C–C–N with tert-alkyl or cyclic N) is 1. The molecule has 2 amide bonds. The Labute approximate surface area is 142 Å². The van der Waals surface area contributed by atoms with Crippen LogP contribution in [0.4, 0.5) is 0 Å². The second kappa shape index (κ2) is 6.93. The number of benzene rings is 1. The number of aryl methyl sites for hydroxylation is 2. The summed E-state index contributed by atoms with van der Waals surface area (Å²) < 4.78 is 5.63. The Kier molecular flexibility index (Phi) is 4.90. The first kappa shape index (κ1) is 17.0. The highest BCUT2D eigenvalue weighted by Crippen LogP contribution is 2.38. The third-order valence-corrected chi connectivity index (χ3v) is 4.96. The standard InChI is InChI=1S/C19H25NO4/c1-12-7-13(2)9-15(8-12)24-11-14(21)10-20-18(22)16-5-3-4-6-17(16)19(20)23/h7-9,14,16-17,21H,3-6,10-11H2,1-2H3/t14-,16-,17-/m1/s1. The number of nitrogens with zero attached hydrogens (tertiary/aromatic N) is 1. The molecule has 1 heterocycles. The number of imide groups is 1. The van der Waals surface area contributed by atoms with E-state index in [0.717, 1.165) is 36.8 Å². The predicted octanol–water partition coefficient (Wildman–Crippen LogP) is 2.22. The number of aliphatic hydroxyl groups is 1. The lowest BCUT2D eigenvalue weighted by molar-refractivity contribution is -0.141. The molecular formula is C19H25NO4. The van der Waals surface area contributed by atoms with Crippen LogP contribution in [0.5, 0.6) is 5.75 Å². The summed E-state index contributed by atoms with van der Waals surface area (Å²) in [6, 6.07) is 5.85. The van der Waals surface area contributed by atoms with Gasteiger partial charge in [0.25, 0.3) is 0 Å². The molecule has 2 fully saturated rings. The molecule has 1 N–H and O–H groups in total. The SMILES string of the molecule is Cc1cc(C)cc(OC[C@H](O)CN2C(=O)[C@@H]3CCCC[C@H]3C2=O)c1. The van der Waals surface area contributed by atoms with E-state index in [2.05, 4.69) is 0 Å². The van der Waals surface area contributed by atoms with Crippen molar-refractivity contribution in [3.05, 3.63) is 29.3 Å². The summed E-state index contributed by atoms with van der Waals surface area (Å²) >= 11 is 0. The van der Waals surface area contributed by atoms with Crippen LogP contribution in [0.1, 0.15) is 36.8 Å². The minimum atomic E-state index is -0.876. The van der Waals surface area contributed by atoms with Crippen LogP contribution < -0.4 is 4.74 Å². The maximum atomic E-state index is 12.4. The third kappa shape index (κ3) is 3.46. The Morgan fingerprint density at radius 1 is 1.08 bits per heavy atom. The highest BCUT2D eigenvalue weighted by atomic mass is 16.5. The van der Waals surface area contributed by atoms with Crippen LogP contribution in [0.3, 0.4) is 0 Å². The van der Waals surface area contributed by atoms with Crippen molar-refractivity contribution in [1.82, 2.24) is 4.90 Å². The van der Waals surface area contributed by atoms with Crippen molar-refractivity contribution >= 4 is 11.8 Å². The van der Waals surface area contributed by atoms with Crippen molar-refractivity contribution in [2.24, 2.45) is 11.8 Å². The Balaban J connectivity index is 1.57. The smallest absolute Gasteiger partial charge is 0.233 e. The quantitative estimate of drug-likeness (QED) is 0.840. The molecule has 24 heavy (non-hydrogen) atoms. The average molecular weight is 331 g/mol. The number of likely N-dealkylation sites (tertiary alicyclic amines) is 1. The number of hydrogen-bond donors (Lipinski definition) is 1. The number of carbonyl (C=O) groups is 2. The van der Waals surface area contributed by atoms with Crippen molar-refractivity contribution in [2.45, 2.75) is 45.6 Å². The monoisotopic (exact) mass is 331 g/mol. The summed E-state index contributed by atoms with van der Waals surface area (Å²) in [5.41, 5.74) is 2.18. The largest absolute Gasteiger partial charge is 0.491 e. The molecule has 1 aromatic rings. The van der Waals surface area contributed by atoms with Gasteiger partial charge in [-0.05, 0) is 49.9 Å². The summed E-state index contributed by atoms with van der Waals surface area (Å²) in [6.07, 6.45) is 2.72. The van der Waals surface area contributed by atoms with Crippen LogP contribution in [0.25, 0.3) is 0 Å². The molecule has 0 aromatic heterocycles. The van der Waals surface area contributed by atoms with Crippen molar-refractivity contribution in [3.8, 4) is 5.75 Å². The van der Waals surface area contributed by atoms with Crippen LogP contribution in [-0.2, 0) is 9.59 Å². The van der Waals surface area contributed by atoms with Gasteiger partial charge < -0.3 is 9.84 Å². The molecule has 0 radical (unpaired) electrons. The van der Waals surface area contributed by atoms with E-state index in [4.69, 9.17) is 4.74 Å². The highest BCUT2D eigenvalue weighted by molar-refractivity contribution is 6.05. The molecule has 3 atom stereocenters. The minimum Gasteiger partial charge on any atom is -0.491 e. The number of hydrogen-bond acceptors (Lipinski definition) is 4. The van der Waals surface area contributed by atoms with E-state index in [-0.39, 0.29) is 36.8 Å². The lowest BCUT2D eigenvalue weighted by atomic mass is 9.81. The van der Waals surface area contributed by atoms with Crippen LogP contribution in [0, 0.1) is 25.7 Å². The predicted molar refractivity (Wildman–Crippen MR) is 89.6 cm³/mol. The van der Waals surface area contributed by atoms with Gasteiger partial charge in [-0.1, -0.05) is 18.9 Å². The second-order valence-electron chi connectivity index (χ2n) is 7.07. The fourth-order valence-corrected chi connectivity index (χ4v) is 3.88. The molecule has 1 aromatic carbocycles. The van der Waals surface area contributed by atoms with Crippen molar-refractivity contribution in [3.63, 3.8) is 0 Å². The van der Waals surface area contributed by atoms with E-state index < -0.39 is 6.10 Å². The van der Waals surface area contributed by atoms with Gasteiger partial charge in [0.15, 0.2) is 0 Å². The van der Waals surface area contributed by atoms with Crippen LogP contribution in [-0.4, -0.2) is 41.1 Å². The molecule has 130 valence electrons. The Bertz CT molecular complexity index is 598. The molecule has 1 saturated heterocycles. The average Bonchev–Trinajstić information content (AvgIpc) is 2.78. The number of amides is 2. The van der Waals surface area contributed by atoms with Crippen LogP contribution >= 0.6 is 0 Å². The van der Waals surface area contributed by atoms with Crippen LogP contribution in [0.2, 0.25) is 0 Å². The first-order chi connectivity index (χ1) is 11.5. The van der Waals surface area contributed by atoms with Gasteiger partial charge in [0.05, 0.1) is 18.4 Å². The second-order valence-corrected chi connectivity index (χ2v) is 7.07. The Morgan fingerprint density at radius 3 is 2.17 bits per heavy atom. The molecule has 3 rings (SSSR count). The van der Waals surface area contributed by atoms with Gasteiger partial charge in [-0.15, -0.1) is 0 Å². The molecule has 5 nitrogen and oxygen atoms in total. The van der Waals surface area contributed by atoms with Gasteiger partial charge in [0, 0.05) is 0 Å². The van der Waals surface area contributed by atoms with Crippen molar-refractivity contribution < 1.29 is 19.4 Å². The van der Waals surface area contributed by atoms with E-state index >= 15 is 0 Å². The first-order valence-corrected chi connectivity index (χ1v) is 8.70. The Hall–Kier alpha value is -1.88.